The second-order valence-electron chi connectivity index (χ2n) is 5.07. The zero-order valence-corrected chi connectivity index (χ0v) is 13.5. The van der Waals surface area contributed by atoms with Crippen LogP contribution in [-0.2, 0) is 6.42 Å². The normalized spacial score (nSPS) is 13.9. The van der Waals surface area contributed by atoms with E-state index in [1.165, 1.54) is 5.56 Å². The molecule has 21 heavy (non-hydrogen) atoms. The highest BCUT2D eigenvalue weighted by Crippen LogP contribution is 2.17. The smallest absolute Gasteiger partial charge is 0.120 e. The second-order valence-corrected chi connectivity index (χ2v) is 6.28. The zero-order chi connectivity index (χ0) is 15.1. The van der Waals surface area contributed by atoms with Gasteiger partial charge in [-0.2, -0.15) is 11.3 Å². The third kappa shape index (κ3) is 6.06. The van der Waals surface area contributed by atoms with E-state index < -0.39 is 6.10 Å². The van der Waals surface area contributed by atoms with Crippen LogP contribution in [0.15, 0.2) is 41.1 Å². The van der Waals surface area contributed by atoms with Gasteiger partial charge in [0.05, 0.1) is 0 Å². The van der Waals surface area contributed by atoms with E-state index >= 15 is 0 Å². The van der Waals surface area contributed by atoms with Gasteiger partial charge in [-0.3, -0.25) is 0 Å². The summed E-state index contributed by atoms with van der Waals surface area (Å²) >= 11 is 7.58. The first kappa shape index (κ1) is 16.3. The van der Waals surface area contributed by atoms with Crippen LogP contribution in [-0.4, -0.2) is 30.4 Å². The molecular weight excluding hydrogens is 306 g/mol. The monoisotopic (exact) mass is 325 g/mol. The first-order chi connectivity index (χ1) is 10.1. The van der Waals surface area contributed by atoms with Crippen molar-refractivity contribution in [2.45, 2.75) is 25.5 Å². The van der Waals surface area contributed by atoms with Crippen molar-refractivity contribution in [2.75, 3.05) is 13.2 Å². The van der Waals surface area contributed by atoms with E-state index in [2.05, 4.69) is 29.1 Å². The van der Waals surface area contributed by atoms with Crippen LogP contribution in [0.2, 0.25) is 5.02 Å². The third-order valence-electron chi connectivity index (χ3n) is 3.06. The van der Waals surface area contributed by atoms with Crippen molar-refractivity contribution < 1.29 is 9.84 Å². The minimum absolute atomic E-state index is 0.249. The lowest BCUT2D eigenvalue weighted by Crippen LogP contribution is -2.37. The van der Waals surface area contributed by atoms with Gasteiger partial charge in [0.15, 0.2) is 0 Å². The Kier molecular flexibility index (Phi) is 6.51. The van der Waals surface area contributed by atoms with Crippen LogP contribution >= 0.6 is 22.9 Å². The van der Waals surface area contributed by atoms with Crippen molar-refractivity contribution >= 4 is 22.9 Å². The number of benzene rings is 1. The van der Waals surface area contributed by atoms with Gasteiger partial charge in [0.1, 0.15) is 18.5 Å². The predicted molar refractivity (Wildman–Crippen MR) is 88.4 cm³/mol. The summed E-state index contributed by atoms with van der Waals surface area (Å²) in [5.41, 5.74) is 1.32. The summed E-state index contributed by atoms with van der Waals surface area (Å²) < 4.78 is 5.51. The Morgan fingerprint density at radius 1 is 1.38 bits per heavy atom. The molecule has 2 atom stereocenters. The molecule has 0 fully saturated rings. The Bertz CT molecular complexity index is 533. The number of halogens is 1. The SMILES string of the molecule is CC(Cc1ccsc1)NCC(O)COc1cccc(Cl)c1. The summed E-state index contributed by atoms with van der Waals surface area (Å²) in [6.07, 6.45) is 0.416. The number of hydrogen-bond donors (Lipinski definition) is 2. The Morgan fingerprint density at radius 3 is 2.95 bits per heavy atom. The molecule has 3 nitrogen and oxygen atoms in total. The summed E-state index contributed by atoms with van der Waals surface area (Å²) in [5.74, 6) is 0.674. The van der Waals surface area contributed by atoms with Crippen molar-refractivity contribution in [3.8, 4) is 5.75 Å². The van der Waals surface area contributed by atoms with E-state index in [0.29, 0.717) is 23.4 Å². The van der Waals surface area contributed by atoms with Crippen LogP contribution in [0.25, 0.3) is 0 Å². The minimum Gasteiger partial charge on any atom is -0.491 e. The Morgan fingerprint density at radius 2 is 2.24 bits per heavy atom. The quantitative estimate of drug-likeness (QED) is 0.782. The molecule has 0 saturated heterocycles. The molecule has 2 unspecified atom stereocenters. The van der Waals surface area contributed by atoms with Crippen LogP contribution in [0.4, 0.5) is 0 Å². The van der Waals surface area contributed by atoms with Gasteiger partial charge in [-0.25, -0.2) is 0 Å². The molecule has 0 aliphatic rings. The lowest BCUT2D eigenvalue weighted by atomic mass is 10.1. The summed E-state index contributed by atoms with van der Waals surface area (Å²) in [4.78, 5) is 0. The maximum absolute atomic E-state index is 9.94. The van der Waals surface area contributed by atoms with Gasteiger partial charge < -0.3 is 15.2 Å². The van der Waals surface area contributed by atoms with Crippen molar-refractivity contribution in [3.05, 3.63) is 51.7 Å². The third-order valence-corrected chi connectivity index (χ3v) is 4.03. The van der Waals surface area contributed by atoms with Crippen molar-refractivity contribution in [1.82, 2.24) is 5.32 Å². The van der Waals surface area contributed by atoms with E-state index in [9.17, 15) is 5.11 Å². The maximum Gasteiger partial charge on any atom is 0.120 e. The Labute approximate surface area is 134 Å². The van der Waals surface area contributed by atoms with E-state index in [-0.39, 0.29) is 6.61 Å². The van der Waals surface area contributed by atoms with Crippen molar-refractivity contribution in [2.24, 2.45) is 0 Å². The average molecular weight is 326 g/mol. The van der Waals surface area contributed by atoms with Gasteiger partial charge in [0, 0.05) is 17.6 Å². The Balaban J connectivity index is 1.66. The maximum atomic E-state index is 9.94. The number of rotatable bonds is 8. The first-order valence-electron chi connectivity index (χ1n) is 6.94. The number of nitrogens with one attached hydrogen (secondary N) is 1. The van der Waals surface area contributed by atoms with Gasteiger partial charge in [-0.05, 0) is 53.9 Å². The van der Waals surface area contributed by atoms with E-state index in [0.717, 1.165) is 6.42 Å². The standard InChI is InChI=1S/C16H20ClNO2S/c1-12(7-13-5-6-21-11-13)18-9-15(19)10-20-16-4-2-3-14(17)8-16/h2-6,8,11-12,15,18-19H,7,9-10H2,1H3. The summed E-state index contributed by atoms with van der Waals surface area (Å²) in [6.45, 7) is 2.87. The molecule has 2 N–H and O–H groups in total. The summed E-state index contributed by atoms with van der Waals surface area (Å²) in [6, 6.07) is 9.62. The Hall–Kier alpha value is -1.07. The molecule has 0 saturated carbocycles. The van der Waals surface area contributed by atoms with E-state index in [4.69, 9.17) is 16.3 Å². The molecule has 1 heterocycles. The van der Waals surface area contributed by atoms with Crippen LogP contribution in [0.5, 0.6) is 5.75 Å². The minimum atomic E-state index is -0.547. The fourth-order valence-corrected chi connectivity index (χ4v) is 2.84. The first-order valence-corrected chi connectivity index (χ1v) is 8.26. The molecule has 1 aromatic carbocycles. The number of hydrogen-bond acceptors (Lipinski definition) is 4. The van der Waals surface area contributed by atoms with Gasteiger partial charge in [-0.1, -0.05) is 17.7 Å². The molecule has 0 aliphatic carbocycles. The molecule has 2 rings (SSSR count). The van der Waals surface area contributed by atoms with E-state index in [1.54, 1.807) is 23.5 Å². The highest BCUT2D eigenvalue weighted by atomic mass is 35.5. The summed E-state index contributed by atoms with van der Waals surface area (Å²) in [7, 11) is 0. The molecule has 5 heteroatoms. The molecule has 0 aliphatic heterocycles. The number of thiophene rings is 1. The van der Waals surface area contributed by atoms with Crippen LogP contribution in [0.3, 0.4) is 0 Å². The topological polar surface area (TPSA) is 41.5 Å². The van der Waals surface area contributed by atoms with Crippen molar-refractivity contribution in [1.29, 1.82) is 0 Å². The van der Waals surface area contributed by atoms with Gasteiger partial charge in [-0.15, -0.1) is 0 Å². The van der Waals surface area contributed by atoms with Gasteiger partial charge >= 0.3 is 0 Å². The van der Waals surface area contributed by atoms with Crippen LogP contribution < -0.4 is 10.1 Å². The average Bonchev–Trinajstić information content (AvgIpc) is 2.96. The fraction of sp³-hybridized carbons (Fsp3) is 0.375. The number of aliphatic hydroxyl groups excluding tert-OH is 1. The summed E-state index contributed by atoms with van der Waals surface area (Å²) in [5, 5.41) is 18.1. The zero-order valence-electron chi connectivity index (χ0n) is 12.0. The largest absolute Gasteiger partial charge is 0.491 e. The molecule has 0 bridgehead atoms. The molecule has 1 aromatic heterocycles. The van der Waals surface area contributed by atoms with Crippen LogP contribution in [0.1, 0.15) is 12.5 Å². The highest BCUT2D eigenvalue weighted by Gasteiger charge is 2.09. The van der Waals surface area contributed by atoms with Gasteiger partial charge in [0.25, 0.3) is 0 Å². The predicted octanol–water partition coefficient (Wildman–Crippen LogP) is 3.36. The molecule has 0 spiro atoms. The molecule has 0 radical (unpaired) electrons. The number of ether oxygens (including phenoxy) is 1. The lowest BCUT2D eigenvalue weighted by Gasteiger charge is -2.17. The fourth-order valence-electron chi connectivity index (χ4n) is 1.98. The molecule has 0 amide bonds. The number of aliphatic hydroxyl groups is 1. The molecular formula is C16H20ClNO2S. The highest BCUT2D eigenvalue weighted by molar-refractivity contribution is 7.07. The molecule has 2 aromatic rings. The van der Waals surface area contributed by atoms with Crippen LogP contribution in [0, 0.1) is 0 Å². The van der Waals surface area contributed by atoms with Crippen molar-refractivity contribution in [3.63, 3.8) is 0 Å². The van der Waals surface area contributed by atoms with Gasteiger partial charge in [0.2, 0.25) is 0 Å². The second kappa shape index (κ2) is 8.39. The van der Waals surface area contributed by atoms with E-state index in [1.807, 2.05) is 12.1 Å². The molecule has 114 valence electrons. The lowest BCUT2D eigenvalue weighted by molar-refractivity contribution is 0.104.